The summed E-state index contributed by atoms with van der Waals surface area (Å²) in [4.78, 5) is 20.9. The minimum Gasteiger partial charge on any atom is -0.444 e. The van der Waals surface area contributed by atoms with E-state index < -0.39 is 0 Å². The number of anilines is 1. The van der Waals surface area contributed by atoms with Crippen LogP contribution < -0.4 is 16.0 Å². The van der Waals surface area contributed by atoms with Crippen molar-refractivity contribution in [3.05, 3.63) is 18.0 Å². The smallest absolute Gasteiger partial charge is 0.407 e. The third-order valence-electron chi connectivity index (χ3n) is 6.25. The lowest BCUT2D eigenvalue weighted by Gasteiger charge is -2.31. The summed E-state index contributed by atoms with van der Waals surface area (Å²) in [6.07, 6.45) is 8.74. The van der Waals surface area contributed by atoms with Gasteiger partial charge in [0, 0.05) is 55.7 Å². The maximum absolute atomic E-state index is 11.9. The van der Waals surface area contributed by atoms with E-state index in [0.717, 1.165) is 44.3 Å². The molecular formula is C23H39N5O4. The van der Waals surface area contributed by atoms with E-state index in [1.54, 1.807) is 19.5 Å². The Labute approximate surface area is 191 Å². The van der Waals surface area contributed by atoms with E-state index in [1.807, 2.05) is 13.8 Å². The number of ether oxygens (including phenoxy) is 3. The number of alkyl carbamates (subject to hydrolysis) is 1. The van der Waals surface area contributed by atoms with Gasteiger partial charge < -0.3 is 30.2 Å². The highest BCUT2D eigenvalue weighted by Crippen LogP contribution is 2.30. The number of methoxy groups -OCH3 is 1. The van der Waals surface area contributed by atoms with Crippen LogP contribution in [0, 0.1) is 0 Å². The molecule has 32 heavy (non-hydrogen) atoms. The summed E-state index contributed by atoms with van der Waals surface area (Å²) in [5.74, 6) is 0.650. The quantitative estimate of drug-likeness (QED) is 0.500. The van der Waals surface area contributed by atoms with Gasteiger partial charge in [0.25, 0.3) is 0 Å². The topological polar surface area (TPSA) is 107 Å². The SMILES string of the molecule is CC[C@H](C)NC(=O)O[C@H]1CO[C@@H](c2cnc(NC3CCC(N[C@H](C)COC)CC3)nc2)C1. The second kappa shape index (κ2) is 12.3. The Hall–Kier alpha value is -1.97. The van der Waals surface area contributed by atoms with Crippen LogP contribution in [0.4, 0.5) is 10.7 Å². The van der Waals surface area contributed by atoms with Crippen LogP contribution in [0.15, 0.2) is 12.4 Å². The van der Waals surface area contributed by atoms with Crippen molar-refractivity contribution in [1.29, 1.82) is 0 Å². The third-order valence-corrected chi connectivity index (χ3v) is 6.25. The van der Waals surface area contributed by atoms with Crippen LogP contribution in [-0.4, -0.2) is 66.7 Å². The average molecular weight is 450 g/mol. The van der Waals surface area contributed by atoms with Crippen LogP contribution >= 0.6 is 0 Å². The predicted octanol–water partition coefficient (Wildman–Crippen LogP) is 3.18. The van der Waals surface area contributed by atoms with E-state index in [1.165, 1.54) is 0 Å². The maximum atomic E-state index is 11.9. The van der Waals surface area contributed by atoms with Gasteiger partial charge in [0.1, 0.15) is 6.10 Å². The molecule has 9 heteroatoms. The summed E-state index contributed by atoms with van der Waals surface area (Å²) in [6, 6.07) is 1.41. The van der Waals surface area contributed by atoms with E-state index in [9.17, 15) is 4.79 Å². The summed E-state index contributed by atoms with van der Waals surface area (Å²) < 4.78 is 16.5. The summed E-state index contributed by atoms with van der Waals surface area (Å²) in [7, 11) is 1.74. The Morgan fingerprint density at radius 1 is 1.16 bits per heavy atom. The third kappa shape index (κ3) is 7.56. The first-order valence-electron chi connectivity index (χ1n) is 11.9. The molecule has 1 aromatic rings. The van der Waals surface area contributed by atoms with Crippen LogP contribution in [0.1, 0.15) is 71.0 Å². The number of nitrogens with zero attached hydrogens (tertiary/aromatic N) is 2. The number of amides is 1. The normalized spacial score (nSPS) is 27.5. The van der Waals surface area contributed by atoms with Gasteiger partial charge in [-0.25, -0.2) is 14.8 Å². The molecule has 0 radical (unpaired) electrons. The molecule has 9 nitrogen and oxygen atoms in total. The van der Waals surface area contributed by atoms with Crippen molar-refractivity contribution < 1.29 is 19.0 Å². The molecular weight excluding hydrogens is 410 g/mol. The van der Waals surface area contributed by atoms with E-state index >= 15 is 0 Å². The minimum absolute atomic E-state index is 0.0968. The van der Waals surface area contributed by atoms with Gasteiger partial charge in [-0.15, -0.1) is 0 Å². The lowest BCUT2D eigenvalue weighted by atomic mass is 9.91. The highest BCUT2D eigenvalue weighted by atomic mass is 16.6. The molecule has 180 valence electrons. The first-order valence-corrected chi connectivity index (χ1v) is 11.9. The van der Waals surface area contributed by atoms with Crippen molar-refractivity contribution in [3.8, 4) is 0 Å². The summed E-state index contributed by atoms with van der Waals surface area (Å²) in [5, 5.41) is 9.92. The molecule has 3 N–H and O–H groups in total. The number of carbonyl (C=O) groups excluding carboxylic acids is 1. The largest absolute Gasteiger partial charge is 0.444 e. The molecule has 2 aliphatic rings. The van der Waals surface area contributed by atoms with E-state index in [2.05, 4.69) is 32.8 Å². The van der Waals surface area contributed by atoms with Gasteiger partial charge in [0.15, 0.2) is 0 Å². The molecule has 2 fully saturated rings. The molecule has 0 spiro atoms. The van der Waals surface area contributed by atoms with Crippen LogP contribution in [0.5, 0.6) is 0 Å². The second-order valence-electron chi connectivity index (χ2n) is 9.09. The zero-order chi connectivity index (χ0) is 22.9. The van der Waals surface area contributed by atoms with Gasteiger partial charge >= 0.3 is 6.09 Å². The van der Waals surface area contributed by atoms with Crippen LogP contribution in [0.25, 0.3) is 0 Å². The molecule has 1 saturated carbocycles. The zero-order valence-electron chi connectivity index (χ0n) is 19.8. The number of nitrogens with one attached hydrogen (secondary N) is 3. The molecule has 1 amide bonds. The van der Waals surface area contributed by atoms with Crippen molar-refractivity contribution >= 4 is 12.0 Å². The standard InChI is InChI=1S/C23H39N5O4/c1-5-15(2)27-23(29)32-20-10-21(31-14-20)17-11-24-22(25-12-17)28-19-8-6-18(7-9-19)26-16(3)13-30-4/h11-12,15-16,18-21,26H,5-10,13-14H2,1-4H3,(H,27,29)(H,24,25,28)/t15-,16+,18?,19?,20+,21+/m0/s1. The Balaban J connectivity index is 1.40. The molecule has 1 aliphatic carbocycles. The fraction of sp³-hybridized carbons (Fsp3) is 0.783. The summed E-state index contributed by atoms with van der Waals surface area (Å²) in [5.41, 5.74) is 0.907. The molecule has 1 aliphatic heterocycles. The highest BCUT2D eigenvalue weighted by molar-refractivity contribution is 5.67. The van der Waals surface area contributed by atoms with Crippen LogP contribution in [-0.2, 0) is 14.2 Å². The van der Waals surface area contributed by atoms with Crippen molar-refractivity contribution in [1.82, 2.24) is 20.6 Å². The number of hydrogen-bond donors (Lipinski definition) is 3. The lowest BCUT2D eigenvalue weighted by molar-refractivity contribution is 0.0686. The number of hydrogen-bond acceptors (Lipinski definition) is 8. The predicted molar refractivity (Wildman–Crippen MR) is 123 cm³/mol. The van der Waals surface area contributed by atoms with E-state index in [0.29, 0.717) is 37.1 Å². The molecule has 1 aromatic heterocycles. The number of carbonyl (C=O) groups is 1. The van der Waals surface area contributed by atoms with Gasteiger partial charge in [0.05, 0.1) is 19.3 Å². The van der Waals surface area contributed by atoms with E-state index in [4.69, 9.17) is 14.2 Å². The van der Waals surface area contributed by atoms with Crippen molar-refractivity contribution in [2.24, 2.45) is 0 Å². The van der Waals surface area contributed by atoms with Gasteiger partial charge in [0.2, 0.25) is 5.95 Å². The van der Waals surface area contributed by atoms with Gasteiger partial charge in [-0.1, -0.05) is 6.92 Å². The fourth-order valence-corrected chi connectivity index (χ4v) is 4.27. The molecule has 4 atom stereocenters. The average Bonchev–Trinajstić information content (AvgIpc) is 3.24. The molecule has 0 bridgehead atoms. The monoisotopic (exact) mass is 449 g/mol. The Kier molecular flexibility index (Phi) is 9.50. The van der Waals surface area contributed by atoms with Crippen LogP contribution in [0.3, 0.4) is 0 Å². The number of aromatic nitrogens is 2. The van der Waals surface area contributed by atoms with Crippen molar-refractivity contribution in [3.63, 3.8) is 0 Å². The first kappa shape index (κ1) is 24.7. The lowest BCUT2D eigenvalue weighted by Crippen LogP contribution is -2.43. The van der Waals surface area contributed by atoms with Gasteiger partial charge in [-0.05, 0) is 46.0 Å². The Morgan fingerprint density at radius 3 is 2.50 bits per heavy atom. The molecule has 3 rings (SSSR count). The molecule has 1 saturated heterocycles. The number of rotatable bonds is 10. The second-order valence-corrected chi connectivity index (χ2v) is 9.09. The van der Waals surface area contributed by atoms with Gasteiger partial charge in [-0.3, -0.25) is 0 Å². The minimum atomic E-state index is -0.387. The summed E-state index contributed by atoms with van der Waals surface area (Å²) in [6.45, 7) is 7.26. The zero-order valence-corrected chi connectivity index (χ0v) is 19.8. The van der Waals surface area contributed by atoms with E-state index in [-0.39, 0.29) is 24.3 Å². The molecule has 2 heterocycles. The van der Waals surface area contributed by atoms with Crippen molar-refractivity contribution in [2.75, 3.05) is 25.6 Å². The molecule has 0 unspecified atom stereocenters. The molecule has 0 aromatic carbocycles. The van der Waals surface area contributed by atoms with Gasteiger partial charge in [-0.2, -0.15) is 0 Å². The summed E-state index contributed by atoms with van der Waals surface area (Å²) >= 11 is 0. The highest BCUT2D eigenvalue weighted by Gasteiger charge is 2.30. The van der Waals surface area contributed by atoms with Crippen molar-refractivity contribution in [2.45, 2.75) is 95.7 Å². The Morgan fingerprint density at radius 2 is 1.84 bits per heavy atom. The fourth-order valence-electron chi connectivity index (χ4n) is 4.27. The maximum Gasteiger partial charge on any atom is 0.407 e. The first-order chi connectivity index (χ1) is 15.5. The Bertz CT molecular complexity index is 696. The van der Waals surface area contributed by atoms with Crippen LogP contribution in [0.2, 0.25) is 0 Å².